The summed E-state index contributed by atoms with van der Waals surface area (Å²) in [5.41, 5.74) is 3.38. The monoisotopic (exact) mass is 287 g/mol. The maximum atomic E-state index is 4.68. The van der Waals surface area contributed by atoms with Crippen molar-refractivity contribution in [3.05, 3.63) is 28.8 Å². The van der Waals surface area contributed by atoms with E-state index < -0.39 is 0 Å². The summed E-state index contributed by atoms with van der Waals surface area (Å²) in [4.78, 5) is 9.27. The molecule has 0 saturated heterocycles. The summed E-state index contributed by atoms with van der Waals surface area (Å²) in [5.74, 6) is 2.83. The van der Waals surface area contributed by atoms with Crippen LogP contribution in [0.25, 0.3) is 5.82 Å². The molecule has 5 heteroatoms. The van der Waals surface area contributed by atoms with Crippen molar-refractivity contribution in [1.82, 2.24) is 19.7 Å². The molecule has 0 fully saturated rings. The quantitative estimate of drug-likeness (QED) is 0.914. The highest BCUT2D eigenvalue weighted by atomic mass is 15.3. The fourth-order valence-corrected chi connectivity index (χ4v) is 2.11. The summed E-state index contributed by atoms with van der Waals surface area (Å²) in [6.45, 7) is 13.5. The first-order valence-electron chi connectivity index (χ1n) is 7.60. The first-order chi connectivity index (χ1) is 9.93. The highest BCUT2D eigenvalue weighted by molar-refractivity contribution is 5.43. The third-order valence-corrected chi connectivity index (χ3v) is 3.67. The first-order valence-corrected chi connectivity index (χ1v) is 7.60. The maximum absolute atomic E-state index is 4.68. The molecule has 5 nitrogen and oxygen atoms in total. The van der Waals surface area contributed by atoms with Gasteiger partial charge in [0.15, 0.2) is 5.82 Å². The predicted molar refractivity (Wildman–Crippen MR) is 86.2 cm³/mol. The summed E-state index contributed by atoms with van der Waals surface area (Å²) in [7, 11) is 0. The van der Waals surface area contributed by atoms with Gasteiger partial charge in [0.25, 0.3) is 0 Å². The average molecular weight is 287 g/mol. The lowest BCUT2D eigenvalue weighted by Gasteiger charge is -2.12. The second-order valence-electron chi connectivity index (χ2n) is 5.76. The Bertz CT molecular complexity index is 628. The van der Waals surface area contributed by atoms with Crippen LogP contribution in [0.1, 0.15) is 55.9 Å². The Morgan fingerprint density at radius 2 is 1.90 bits per heavy atom. The van der Waals surface area contributed by atoms with Crippen LogP contribution < -0.4 is 5.32 Å². The summed E-state index contributed by atoms with van der Waals surface area (Å²) in [6.07, 6.45) is 1.06. The second-order valence-corrected chi connectivity index (χ2v) is 5.76. The van der Waals surface area contributed by atoms with Crippen LogP contribution in [0.3, 0.4) is 0 Å². The standard InChI is InChI=1S/C16H25N5/c1-7-8-17-14-9-15(19-16(18-14)10(2)3)21-13(6)11(4)12(5)20-21/h9-10H,7-8H2,1-6H3,(H,17,18,19). The molecule has 2 rings (SSSR count). The molecule has 0 bridgehead atoms. The largest absolute Gasteiger partial charge is 0.370 e. The molecule has 0 radical (unpaired) electrons. The molecule has 0 unspecified atom stereocenters. The number of hydrogen-bond donors (Lipinski definition) is 1. The van der Waals surface area contributed by atoms with E-state index in [4.69, 9.17) is 0 Å². The van der Waals surface area contributed by atoms with Gasteiger partial charge in [-0.15, -0.1) is 0 Å². The van der Waals surface area contributed by atoms with E-state index in [1.54, 1.807) is 0 Å². The van der Waals surface area contributed by atoms with E-state index in [0.717, 1.165) is 41.8 Å². The van der Waals surface area contributed by atoms with E-state index in [2.05, 4.69) is 55.0 Å². The molecule has 0 aliphatic rings. The van der Waals surface area contributed by atoms with Crippen molar-refractivity contribution in [2.75, 3.05) is 11.9 Å². The van der Waals surface area contributed by atoms with Crippen molar-refractivity contribution in [1.29, 1.82) is 0 Å². The van der Waals surface area contributed by atoms with Crippen molar-refractivity contribution in [3.8, 4) is 5.82 Å². The SMILES string of the molecule is CCCNc1cc(-n2nc(C)c(C)c2C)nc(C(C)C)n1. The van der Waals surface area contributed by atoms with Gasteiger partial charge in [-0.05, 0) is 32.8 Å². The van der Waals surface area contributed by atoms with Crippen LogP contribution in [0.15, 0.2) is 6.07 Å². The summed E-state index contributed by atoms with van der Waals surface area (Å²) in [5, 5.41) is 7.95. The Balaban J connectivity index is 2.51. The number of aryl methyl sites for hydroxylation is 1. The number of nitrogens with zero attached hydrogens (tertiary/aromatic N) is 4. The van der Waals surface area contributed by atoms with Crippen LogP contribution >= 0.6 is 0 Å². The minimum Gasteiger partial charge on any atom is -0.370 e. The summed E-state index contributed by atoms with van der Waals surface area (Å²) >= 11 is 0. The van der Waals surface area contributed by atoms with Gasteiger partial charge in [0.05, 0.1) is 5.69 Å². The number of aromatic nitrogens is 4. The van der Waals surface area contributed by atoms with Crippen LogP contribution in [0.5, 0.6) is 0 Å². The lowest BCUT2D eigenvalue weighted by Crippen LogP contribution is -2.11. The third-order valence-electron chi connectivity index (χ3n) is 3.67. The van der Waals surface area contributed by atoms with Gasteiger partial charge >= 0.3 is 0 Å². The van der Waals surface area contributed by atoms with Crippen LogP contribution in [0, 0.1) is 20.8 Å². The van der Waals surface area contributed by atoms with Crippen LogP contribution in [0.4, 0.5) is 5.82 Å². The van der Waals surface area contributed by atoms with E-state index in [-0.39, 0.29) is 5.92 Å². The van der Waals surface area contributed by atoms with Gasteiger partial charge in [-0.25, -0.2) is 14.6 Å². The fourth-order valence-electron chi connectivity index (χ4n) is 2.11. The number of anilines is 1. The van der Waals surface area contributed by atoms with Crippen molar-refractivity contribution >= 4 is 5.82 Å². The molecule has 2 aromatic heterocycles. The number of rotatable bonds is 5. The Labute approximate surface area is 126 Å². The van der Waals surface area contributed by atoms with Crippen molar-refractivity contribution < 1.29 is 0 Å². The molecule has 0 amide bonds. The highest BCUT2D eigenvalue weighted by Gasteiger charge is 2.14. The lowest BCUT2D eigenvalue weighted by molar-refractivity contribution is 0.735. The molecule has 0 saturated carbocycles. The second kappa shape index (κ2) is 6.24. The zero-order valence-corrected chi connectivity index (χ0v) is 13.9. The first kappa shape index (κ1) is 15.5. The van der Waals surface area contributed by atoms with E-state index in [1.807, 2.05) is 17.7 Å². The van der Waals surface area contributed by atoms with E-state index in [0.29, 0.717) is 0 Å². The van der Waals surface area contributed by atoms with Crippen LogP contribution in [0.2, 0.25) is 0 Å². The number of nitrogens with one attached hydrogen (secondary N) is 1. The lowest BCUT2D eigenvalue weighted by atomic mass is 10.2. The molecule has 0 aromatic carbocycles. The zero-order valence-electron chi connectivity index (χ0n) is 13.9. The molecular weight excluding hydrogens is 262 g/mol. The summed E-state index contributed by atoms with van der Waals surface area (Å²) < 4.78 is 1.91. The Morgan fingerprint density at radius 3 is 2.43 bits per heavy atom. The Hall–Kier alpha value is -1.91. The molecular formula is C16H25N5. The topological polar surface area (TPSA) is 55.6 Å². The molecule has 1 N–H and O–H groups in total. The average Bonchev–Trinajstić information content (AvgIpc) is 2.72. The molecule has 0 aliphatic carbocycles. The van der Waals surface area contributed by atoms with Crippen molar-refractivity contribution in [2.24, 2.45) is 0 Å². The smallest absolute Gasteiger partial charge is 0.159 e. The fraction of sp³-hybridized carbons (Fsp3) is 0.562. The molecule has 0 aliphatic heterocycles. The van der Waals surface area contributed by atoms with Gasteiger partial charge in [-0.3, -0.25) is 0 Å². The molecule has 0 spiro atoms. The third kappa shape index (κ3) is 3.23. The summed E-state index contributed by atoms with van der Waals surface area (Å²) in [6, 6.07) is 1.97. The maximum Gasteiger partial charge on any atom is 0.159 e. The minimum absolute atomic E-state index is 0.283. The molecule has 2 aromatic rings. The molecule has 2 heterocycles. The molecule has 21 heavy (non-hydrogen) atoms. The highest BCUT2D eigenvalue weighted by Crippen LogP contribution is 2.20. The molecule has 114 valence electrons. The predicted octanol–water partition coefficient (Wildman–Crippen LogP) is 3.53. The van der Waals surface area contributed by atoms with Gasteiger partial charge in [0.2, 0.25) is 0 Å². The zero-order chi connectivity index (χ0) is 15.6. The normalized spacial score (nSPS) is 11.2. The molecule has 0 atom stereocenters. The van der Waals surface area contributed by atoms with Crippen molar-refractivity contribution in [3.63, 3.8) is 0 Å². The minimum atomic E-state index is 0.283. The van der Waals surface area contributed by atoms with E-state index in [1.165, 1.54) is 5.56 Å². The van der Waals surface area contributed by atoms with Gasteiger partial charge in [0, 0.05) is 24.2 Å². The number of hydrogen-bond acceptors (Lipinski definition) is 4. The van der Waals surface area contributed by atoms with Gasteiger partial charge in [0.1, 0.15) is 11.6 Å². The van der Waals surface area contributed by atoms with Gasteiger partial charge in [-0.2, -0.15) is 5.10 Å². The van der Waals surface area contributed by atoms with E-state index >= 15 is 0 Å². The van der Waals surface area contributed by atoms with Crippen molar-refractivity contribution in [2.45, 2.75) is 53.9 Å². The Kier molecular flexibility index (Phi) is 4.60. The van der Waals surface area contributed by atoms with Gasteiger partial charge in [-0.1, -0.05) is 20.8 Å². The Morgan fingerprint density at radius 1 is 1.19 bits per heavy atom. The van der Waals surface area contributed by atoms with Crippen LogP contribution in [-0.4, -0.2) is 26.3 Å². The van der Waals surface area contributed by atoms with E-state index in [9.17, 15) is 0 Å². The van der Waals surface area contributed by atoms with Gasteiger partial charge < -0.3 is 5.32 Å². The van der Waals surface area contributed by atoms with Crippen LogP contribution in [-0.2, 0) is 0 Å².